The van der Waals surface area contributed by atoms with Crippen molar-refractivity contribution in [3.8, 4) is 0 Å². The second-order valence-corrected chi connectivity index (χ2v) is 3.52. The van der Waals surface area contributed by atoms with E-state index in [2.05, 4.69) is 17.0 Å². The predicted molar refractivity (Wildman–Crippen MR) is 46.8 cm³/mol. The second kappa shape index (κ2) is 4.45. The molecule has 1 N–H and O–H groups in total. The monoisotopic (exact) mass is 171 g/mol. The molecule has 12 heavy (non-hydrogen) atoms. The second-order valence-electron chi connectivity index (χ2n) is 3.52. The van der Waals surface area contributed by atoms with Gasteiger partial charge in [0.15, 0.2) is 0 Å². The van der Waals surface area contributed by atoms with Gasteiger partial charge >= 0.3 is 5.97 Å². The Bertz CT molecular complexity index is 155. The zero-order valence-electron chi connectivity index (χ0n) is 7.80. The number of carbonyl (C=O) groups is 1. The van der Waals surface area contributed by atoms with Gasteiger partial charge in [-0.3, -0.25) is 4.79 Å². The first-order valence-electron chi connectivity index (χ1n) is 4.51. The minimum Gasteiger partial charge on any atom is -0.468 e. The Morgan fingerprint density at radius 3 is 2.83 bits per heavy atom. The molecular formula is C9H17NO2. The molecule has 3 nitrogen and oxygen atoms in total. The molecule has 0 aromatic heterocycles. The average molecular weight is 171 g/mol. The summed E-state index contributed by atoms with van der Waals surface area (Å²) in [6.45, 7) is 3.50. The number of hydrogen-bond acceptors (Lipinski definition) is 3. The lowest BCUT2D eigenvalue weighted by atomic mass is 10.1. The molecule has 0 bridgehead atoms. The maximum atomic E-state index is 10.7. The molecule has 0 amide bonds. The quantitative estimate of drug-likeness (QED) is 0.622. The van der Waals surface area contributed by atoms with Crippen molar-refractivity contribution in [1.82, 2.24) is 5.32 Å². The van der Waals surface area contributed by atoms with E-state index in [1.54, 1.807) is 0 Å². The summed E-state index contributed by atoms with van der Waals surface area (Å²) in [5.41, 5.74) is 0. The van der Waals surface area contributed by atoms with Gasteiger partial charge in [-0.25, -0.2) is 0 Å². The summed E-state index contributed by atoms with van der Waals surface area (Å²) in [5.74, 6) is 1.42. The van der Waals surface area contributed by atoms with Gasteiger partial charge < -0.3 is 10.1 Å². The van der Waals surface area contributed by atoms with E-state index in [0.29, 0.717) is 12.5 Å². The van der Waals surface area contributed by atoms with Crippen LogP contribution in [0.25, 0.3) is 0 Å². The molecule has 0 saturated heterocycles. The Morgan fingerprint density at radius 2 is 2.33 bits per heavy atom. The Labute approximate surface area is 73.5 Å². The number of methoxy groups -OCH3 is 1. The van der Waals surface area contributed by atoms with Crippen LogP contribution >= 0.6 is 0 Å². The largest absolute Gasteiger partial charge is 0.468 e. The zero-order valence-corrected chi connectivity index (χ0v) is 7.80. The molecule has 0 radical (unpaired) electrons. The Morgan fingerprint density at radius 1 is 1.67 bits per heavy atom. The highest BCUT2D eigenvalue weighted by atomic mass is 16.5. The van der Waals surface area contributed by atoms with E-state index in [1.807, 2.05) is 0 Å². The van der Waals surface area contributed by atoms with Gasteiger partial charge in [-0.1, -0.05) is 6.92 Å². The molecular weight excluding hydrogens is 154 g/mol. The zero-order chi connectivity index (χ0) is 8.97. The molecule has 0 spiro atoms. The van der Waals surface area contributed by atoms with Crippen LogP contribution in [-0.4, -0.2) is 26.2 Å². The van der Waals surface area contributed by atoms with Gasteiger partial charge in [-0.15, -0.1) is 0 Å². The van der Waals surface area contributed by atoms with Crippen molar-refractivity contribution in [2.24, 2.45) is 11.8 Å². The molecule has 1 aliphatic carbocycles. The third-order valence-electron chi connectivity index (χ3n) is 2.39. The molecule has 1 unspecified atom stereocenters. The van der Waals surface area contributed by atoms with E-state index in [0.717, 1.165) is 12.5 Å². The molecule has 1 aliphatic rings. The van der Waals surface area contributed by atoms with Crippen molar-refractivity contribution >= 4 is 5.97 Å². The highest BCUT2D eigenvalue weighted by molar-refractivity contribution is 5.71. The van der Waals surface area contributed by atoms with Crippen LogP contribution in [0.3, 0.4) is 0 Å². The molecule has 1 fully saturated rings. The minimum absolute atomic E-state index is 0.182. The average Bonchev–Trinajstić information content (AvgIpc) is 2.86. The Hall–Kier alpha value is -0.570. The van der Waals surface area contributed by atoms with Crippen molar-refractivity contribution in [3.05, 3.63) is 0 Å². The molecule has 1 rings (SSSR count). The van der Waals surface area contributed by atoms with Gasteiger partial charge in [-0.05, 0) is 31.2 Å². The molecule has 0 heterocycles. The fourth-order valence-electron chi connectivity index (χ4n) is 1.31. The van der Waals surface area contributed by atoms with Gasteiger partial charge in [-0.2, -0.15) is 0 Å². The third kappa shape index (κ3) is 3.22. The predicted octanol–water partition coefficient (Wildman–Crippen LogP) is 0.795. The Balaban J connectivity index is 1.97. The van der Waals surface area contributed by atoms with Crippen LogP contribution in [0, 0.1) is 11.8 Å². The molecule has 3 heteroatoms. The summed E-state index contributed by atoms with van der Waals surface area (Å²) in [6, 6.07) is 0. The van der Waals surface area contributed by atoms with E-state index in [-0.39, 0.29) is 5.97 Å². The number of hydrogen-bond donors (Lipinski definition) is 1. The van der Waals surface area contributed by atoms with Gasteiger partial charge in [0.25, 0.3) is 0 Å². The van der Waals surface area contributed by atoms with Gasteiger partial charge in [0.05, 0.1) is 13.7 Å². The number of nitrogens with one attached hydrogen (secondary N) is 1. The topological polar surface area (TPSA) is 38.3 Å². The Kier molecular flexibility index (Phi) is 3.53. The normalized spacial score (nSPS) is 18.8. The molecule has 1 atom stereocenters. The summed E-state index contributed by atoms with van der Waals surface area (Å²) >= 11 is 0. The van der Waals surface area contributed by atoms with Crippen molar-refractivity contribution in [2.45, 2.75) is 19.8 Å². The highest BCUT2D eigenvalue weighted by Crippen LogP contribution is 2.35. The number of esters is 1. The van der Waals surface area contributed by atoms with Gasteiger partial charge in [0.1, 0.15) is 0 Å². The summed E-state index contributed by atoms with van der Waals surface area (Å²) < 4.78 is 4.51. The van der Waals surface area contributed by atoms with E-state index >= 15 is 0 Å². The lowest BCUT2D eigenvalue weighted by Crippen LogP contribution is -2.28. The number of carbonyl (C=O) groups excluding carboxylic acids is 1. The number of rotatable bonds is 5. The first-order chi connectivity index (χ1) is 5.74. The standard InChI is InChI=1S/C9H17NO2/c1-7(8-3-4-8)5-10-6-9(11)12-2/h7-8,10H,3-6H2,1-2H3. The van der Waals surface area contributed by atoms with Crippen molar-refractivity contribution in [1.29, 1.82) is 0 Å². The lowest BCUT2D eigenvalue weighted by Gasteiger charge is -2.09. The SMILES string of the molecule is COC(=O)CNCC(C)C1CC1. The fraction of sp³-hybridized carbons (Fsp3) is 0.889. The molecule has 1 saturated carbocycles. The first kappa shape index (κ1) is 9.52. The lowest BCUT2D eigenvalue weighted by molar-refractivity contribution is -0.139. The van der Waals surface area contributed by atoms with E-state index in [1.165, 1.54) is 20.0 Å². The van der Waals surface area contributed by atoms with Crippen LogP contribution in [0.5, 0.6) is 0 Å². The maximum absolute atomic E-state index is 10.7. The van der Waals surface area contributed by atoms with Crippen molar-refractivity contribution in [3.63, 3.8) is 0 Å². The van der Waals surface area contributed by atoms with Crippen LogP contribution in [0.2, 0.25) is 0 Å². The molecule has 0 aliphatic heterocycles. The number of ether oxygens (including phenoxy) is 1. The van der Waals surface area contributed by atoms with Crippen LogP contribution in [0.4, 0.5) is 0 Å². The summed E-state index contributed by atoms with van der Waals surface area (Å²) in [7, 11) is 1.41. The van der Waals surface area contributed by atoms with Crippen LogP contribution < -0.4 is 5.32 Å². The van der Waals surface area contributed by atoms with Crippen LogP contribution in [0.15, 0.2) is 0 Å². The van der Waals surface area contributed by atoms with E-state index in [9.17, 15) is 4.79 Å². The molecule has 0 aromatic rings. The van der Waals surface area contributed by atoms with E-state index in [4.69, 9.17) is 0 Å². The molecule has 0 aromatic carbocycles. The minimum atomic E-state index is -0.182. The van der Waals surface area contributed by atoms with Gasteiger partial charge in [0, 0.05) is 0 Å². The van der Waals surface area contributed by atoms with E-state index < -0.39 is 0 Å². The smallest absolute Gasteiger partial charge is 0.319 e. The maximum Gasteiger partial charge on any atom is 0.319 e. The molecule has 70 valence electrons. The third-order valence-corrected chi connectivity index (χ3v) is 2.39. The van der Waals surface area contributed by atoms with Crippen molar-refractivity contribution in [2.75, 3.05) is 20.2 Å². The van der Waals surface area contributed by atoms with Crippen LogP contribution in [-0.2, 0) is 9.53 Å². The van der Waals surface area contributed by atoms with Crippen molar-refractivity contribution < 1.29 is 9.53 Å². The van der Waals surface area contributed by atoms with Gasteiger partial charge in [0.2, 0.25) is 0 Å². The summed E-state index contributed by atoms with van der Waals surface area (Å²) in [6.07, 6.45) is 2.72. The summed E-state index contributed by atoms with van der Waals surface area (Å²) in [5, 5.41) is 3.08. The summed E-state index contributed by atoms with van der Waals surface area (Å²) in [4.78, 5) is 10.7. The first-order valence-corrected chi connectivity index (χ1v) is 4.51. The fourth-order valence-corrected chi connectivity index (χ4v) is 1.31. The highest BCUT2D eigenvalue weighted by Gasteiger charge is 2.27. The van der Waals surface area contributed by atoms with Crippen LogP contribution in [0.1, 0.15) is 19.8 Å².